The third kappa shape index (κ3) is 3.78. The van der Waals surface area contributed by atoms with Crippen molar-refractivity contribution < 1.29 is 17.9 Å². The molecule has 0 bridgehead atoms. The maximum Gasteiger partial charge on any atom is 0.387 e. The molecule has 148 valence electrons. The second kappa shape index (κ2) is 7.54. The number of aryl methyl sites for hydroxylation is 2. The van der Waals surface area contributed by atoms with Crippen molar-refractivity contribution in [3.8, 4) is 17.0 Å². The number of fused-ring (bicyclic) bond motifs is 1. The fraction of sp³-hybridized carbons (Fsp3) is 0.190. The van der Waals surface area contributed by atoms with Crippen molar-refractivity contribution in [1.29, 1.82) is 0 Å². The number of benzene rings is 1. The van der Waals surface area contributed by atoms with Crippen molar-refractivity contribution in [3.05, 3.63) is 77.4 Å². The molecule has 0 fully saturated rings. The number of pyridine rings is 1. The average Bonchev–Trinajstić information content (AvgIpc) is 2.97. The minimum atomic E-state index is -2.90. The highest BCUT2D eigenvalue weighted by Crippen LogP contribution is 2.27. The second-order valence-electron chi connectivity index (χ2n) is 6.63. The van der Waals surface area contributed by atoms with E-state index < -0.39 is 12.6 Å². The topological polar surface area (TPSA) is 52.3 Å². The lowest BCUT2D eigenvalue weighted by molar-refractivity contribution is -0.0503. The van der Waals surface area contributed by atoms with Crippen LogP contribution in [-0.4, -0.2) is 26.0 Å². The van der Waals surface area contributed by atoms with E-state index in [9.17, 15) is 13.2 Å². The monoisotopic (exact) mass is 398 g/mol. The number of halogens is 3. The zero-order valence-electron chi connectivity index (χ0n) is 15.7. The molecule has 8 heteroatoms. The first-order valence-electron chi connectivity index (χ1n) is 8.91. The molecule has 3 aromatic heterocycles. The van der Waals surface area contributed by atoms with E-state index in [2.05, 4.69) is 19.7 Å². The molecule has 0 amide bonds. The number of para-hydroxylation sites is 1. The molecule has 4 aromatic rings. The van der Waals surface area contributed by atoms with Crippen LogP contribution < -0.4 is 4.74 Å². The largest absolute Gasteiger partial charge is 0.435 e. The Morgan fingerprint density at radius 3 is 2.66 bits per heavy atom. The van der Waals surface area contributed by atoms with Gasteiger partial charge in [0.2, 0.25) is 5.95 Å². The first-order chi connectivity index (χ1) is 13.9. The summed E-state index contributed by atoms with van der Waals surface area (Å²) in [5.41, 5.74) is 4.84. The van der Waals surface area contributed by atoms with Crippen LogP contribution in [0.5, 0.6) is 5.75 Å². The van der Waals surface area contributed by atoms with Gasteiger partial charge in [0, 0.05) is 29.9 Å². The van der Waals surface area contributed by atoms with Gasteiger partial charge in [0.15, 0.2) is 5.65 Å². The van der Waals surface area contributed by atoms with Crippen LogP contribution in [0.1, 0.15) is 22.5 Å². The van der Waals surface area contributed by atoms with Crippen LogP contribution >= 0.6 is 0 Å². The summed E-state index contributed by atoms with van der Waals surface area (Å²) in [5, 5.41) is 0. The van der Waals surface area contributed by atoms with Gasteiger partial charge < -0.3 is 4.74 Å². The Bertz CT molecular complexity index is 1190. The normalized spacial score (nSPS) is 11.4. The predicted octanol–water partition coefficient (Wildman–Crippen LogP) is 4.74. The van der Waals surface area contributed by atoms with E-state index >= 15 is 0 Å². The third-order valence-corrected chi connectivity index (χ3v) is 4.71. The SMILES string of the molecule is Cc1cc(F)ncc1-c1cn2c(Cc3ccccc3OC(F)F)c(C)nc2cn1. The van der Waals surface area contributed by atoms with Crippen molar-refractivity contribution in [2.24, 2.45) is 0 Å². The molecule has 0 saturated carbocycles. The van der Waals surface area contributed by atoms with Crippen LogP contribution in [0, 0.1) is 19.8 Å². The molecule has 0 unspecified atom stereocenters. The number of ether oxygens (including phenoxy) is 1. The van der Waals surface area contributed by atoms with E-state index in [1.54, 1.807) is 37.5 Å². The van der Waals surface area contributed by atoms with Gasteiger partial charge in [0.05, 0.1) is 23.3 Å². The summed E-state index contributed by atoms with van der Waals surface area (Å²) in [4.78, 5) is 12.6. The predicted molar refractivity (Wildman–Crippen MR) is 102 cm³/mol. The summed E-state index contributed by atoms with van der Waals surface area (Å²) in [6, 6.07) is 8.02. The number of rotatable bonds is 5. The molecule has 0 N–H and O–H groups in total. The molecule has 0 saturated heterocycles. The van der Waals surface area contributed by atoms with Crippen molar-refractivity contribution in [1.82, 2.24) is 19.4 Å². The van der Waals surface area contributed by atoms with Gasteiger partial charge >= 0.3 is 6.61 Å². The van der Waals surface area contributed by atoms with Crippen LogP contribution in [0.3, 0.4) is 0 Å². The van der Waals surface area contributed by atoms with E-state index in [-0.39, 0.29) is 5.75 Å². The lowest BCUT2D eigenvalue weighted by Gasteiger charge is -2.11. The molecule has 29 heavy (non-hydrogen) atoms. The quantitative estimate of drug-likeness (QED) is 0.456. The summed E-state index contributed by atoms with van der Waals surface area (Å²) in [7, 11) is 0. The van der Waals surface area contributed by atoms with Gasteiger partial charge in [-0.25, -0.2) is 9.97 Å². The molecule has 0 radical (unpaired) electrons. The summed E-state index contributed by atoms with van der Waals surface area (Å²) >= 11 is 0. The minimum Gasteiger partial charge on any atom is -0.435 e. The maximum atomic E-state index is 13.3. The summed E-state index contributed by atoms with van der Waals surface area (Å²) in [5.74, 6) is -0.424. The third-order valence-electron chi connectivity index (χ3n) is 4.71. The zero-order chi connectivity index (χ0) is 20.5. The highest BCUT2D eigenvalue weighted by Gasteiger charge is 2.16. The molecule has 0 spiro atoms. The van der Waals surface area contributed by atoms with E-state index in [0.29, 0.717) is 34.5 Å². The molecule has 0 aliphatic heterocycles. The van der Waals surface area contributed by atoms with Crippen molar-refractivity contribution >= 4 is 5.65 Å². The van der Waals surface area contributed by atoms with Gasteiger partial charge in [-0.05, 0) is 31.5 Å². The fourth-order valence-electron chi connectivity index (χ4n) is 3.30. The summed E-state index contributed by atoms with van der Waals surface area (Å²) < 4.78 is 45.3. The number of hydrogen-bond donors (Lipinski definition) is 0. The Balaban J connectivity index is 1.79. The Hall–Kier alpha value is -3.42. The first-order valence-corrected chi connectivity index (χ1v) is 8.91. The van der Waals surface area contributed by atoms with Crippen molar-refractivity contribution in [2.45, 2.75) is 26.9 Å². The Labute approximate surface area is 164 Å². The Morgan fingerprint density at radius 2 is 1.90 bits per heavy atom. The maximum absolute atomic E-state index is 13.3. The van der Waals surface area contributed by atoms with Crippen LogP contribution in [0.25, 0.3) is 16.9 Å². The van der Waals surface area contributed by atoms with E-state index in [1.165, 1.54) is 18.3 Å². The van der Waals surface area contributed by atoms with Gasteiger partial charge in [0.1, 0.15) is 5.75 Å². The van der Waals surface area contributed by atoms with E-state index in [4.69, 9.17) is 0 Å². The average molecular weight is 398 g/mol. The second-order valence-corrected chi connectivity index (χ2v) is 6.63. The molecular formula is C21H17F3N4O. The number of aromatic nitrogens is 4. The molecule has 5 nitrogen and oxygen atoms in total. The molecule has 1 aromatic carbocycles. The number of imidazole rings is 1. The lowest BCUT2D eigenvalue weighted by Crippen LogP contribution is -2.06. The van der Waals surface area contributed by atoms with E-state index in [0.717, 1.165) is 11.4 Å². The standard InChI is InChI=1S/C21H17F3N4O/c1-12-7-19(22)26-9-15(12)16-11-28-17(13(2)27-20(28)10-25-16)8-14-5-3-4-6-18(14)29-21(23)24/h3-7,9-11,21H,8H2,1-2H3. The van der Waals surface area contributed by atoms with Crippen molar-refractivity contribution in [2.75, 3.05) is 0 Å². The van der Waals surface area contributed by atoms with Gasteiger partial charge in [-0.15, -0.1) is 0 Å². The Morgan fingerprint density at radius 1 is 1.10 bits per heavy atom. The molecule has 3 heterocycles. The van der Waals surface area contributed by atoms with Gasteiger partial charge in [-0.2, -0.15) is 13.2 Å². The summed E-state index contributed by atoms with van der Waals surface area (Å²) in [6.07, 6.45) is 5.20. The molecule has 4 rings (SSSR count). The molecular weight excluding hydrogens is 381 g/mol. The molecule has 0 aliphatic rings. The van der Waals surface area contributed by atoms with Crippen molar-refractivity contribution in [3.63, 3.8) is 0 Å². The van der Waals surface area contributed by atoms with Crippen LogP contribution in [-0.2, 0) is 6.42 Å². The lowest BCUT2D eigenvalue weighted by atomic mass is 10.1. The van der Waals surface area contributed by atoms with Crippen LogP contribution in [0.15, 0.2) is 48.9 Å². The first kappa shape index (κ1) is 18.9. The van der Waals surface area contributed by atoms with E-state index in [1.807, 2.05) is 11.3 Å². The number of alkyl halides is 2. The highest BCUT2D eigenvalue weighted by molar-refractivity contribution is 5.63. The van der Waals surface area contributed by atoms with Crippen LogP contribution in [0.4, 0.5) is 13.2 Å². The fourth-order valence-corrected chi connectivity index (χ4v) is 3.30. The zero-order valence-corrected chi connectivity index (χ0v) is 15.7. The van der Waals surface area contributed by atoms with Crippen LogP contribution in [0.2, 0.25) is 0 Å². The summed E-state index contributed by atoms with van der Waals surface area (Å²) in [6.45, 7) is 0.733. The molecule has 0 aliphatic carbocycles. The molecule has 0 atom stereocenters. The smallest absolute Gasteiger partial charge is 0.387 e. The number of hydrogen-bond acceptors (Lipinski definition) is 4. The highest BCUT2D eigenvalue weighted by atomic mass is 19.3. The van der Waals surface area contributed by atoms with Gasteiger partial charge in [0.25, 0.3) is 0 Å². The van der Waals surface area contributed by atoms with Gasteiger partial charge in [-0.3, -0.25) is 9.38 Å². The minimum absolute atomic E-state index is 0.129. The Kier molecular flexibility index (Phi) is 4.92. The van der Waals surface area contributed by atoms with Gasteiger partial charge in [-0.1, -0.05) is 18.2 Å². The number of nitrogens with zero attached hydrogens (tertiary/aromatic N) is 4.